The molecule has 4 nitrogen and oxygen atoms in total. The highest BCUT2D eigenvalue weighted by molar-refractivity contribution is 5.85. The lowest BCUT2D eigenvalue weighted by molar-refractivity contribution is 0.623. The molecule has 0 aliphatic carbocycles. The number of nitrogens with one attached hydrogen (secondary N) is 1. The third kappa shape index (κ3) is 2.27. The van der Waals surface area contributed by atoms with Crippen LogP contribution >= 0.6 is 0 Å². The van der Waals surface area contributed by atoms with Gasteiger partial charge in [0.05, 0.1) is 0 Å². The number of aromatic nitrogens is 2. The third-order valence-corrected chi connectivity index (χ3v) is 3.84. The van der Waals surface area contributed by atoms with Crippen LogP contribution in [-0.4, -0.2) is 16.7 Å². The number of aryl methyl sites for hydroxylation is 1. The van der Waals surface area contributed by atoms with Crippen LogP contribution in [0, 0.1) is 20.8 Å². The minimum Gasteiger partial charge on any atom is -0.454 e. The van der Waals surface area contributed by atoms with Gasteiger partial charge in [0.2, 0.25) is 0 Å². The average Bonchev–Trinajstić information content (AvgIpc) is 2.89. The highest BCUT2D eigenvalue weighted by Crippen LogP contribution is 2.31. The van der Waals surface area contributed by atoms with Crippen molar-refractivity contribution in [3.8, 4) is 11.5 Å². The topological polar surface area (TPSA) is 51.0 Å². The Morgan fingerprint density at radius 2 is 1.90 bits per heavy atom. The summed E-state index contributed by atoms with van der Waals surface area (Å²) in [7, 11) is 0. The van der Waals surface area contributed by atoms with Crippen molar-refractivity contribution in [1.29, 1.82) is 0 Å². The standard InChI is InChI=1S/C17H19N3O/c1-5-18-17-12(4)11(3)15(19-20-17)14-9-13-8-6-7-10(2)16(13)21-14/h6-9H,5H2,1-4H3,(H,18,20). The number of para-hydroxylation sites is 1. The van der Waals surface area contributed by atoms with Crippen LogP contribution in [0.4, 0.5) is 5.82 Å². The van der Waals surface area contributed by atoms with Crippen LogP contribution in [0.2, 0.25) is 0 Å². The van der Waals surface area contributed by atoms with Crippen LogP contribution in [0.1, 0.15) is 23.6 Å². The molecular formula is C17H19N3O. The van der Waals surface area contributed by atoms with Crippen molar-refractivity contribution in [2.75, 3.05) is 11.9 Å². The van der Waals surface area contributed by atoms with Gasteiger partial charge in [0.1, 0.15) is 11.3 Å². The van der Waals surface area contributed by atoms with Gasteiger partial charge in [-0.2, -0.15) is 0 Å². The first-order valence-electron chi connectivity index (χ1n) is 7.19. The molecule has 0 fully saturated rings. The predicted octanol–water partition coefficient (Wildman–Crippen LogP) is 4.25. The SMILES string of the molecule is CCNc1nnc(-c2cc3cccc(C)c3o2)c(C)c1C. The molecule has 0 unspecified atom stereocenters. The van der Waals surface area contributed by atoms with Gasteiger partial charge in [-0.05, 0) is 50.5 Å². The largest absolute Gasteiger partial charge is 0.454 e. The molecule has 0 bridgehead atoms. The zero-order valence-electron chi connectivity index (χ0n) is 12.8. The monoisotopic (exact) mass is 281 g/mol. The minimum absolute atomic E-state index is 0.774. The van der Waals surface area contributed by atoms with E-state index in [1.807, 2.05) is 32.0 Å². The molecule has 0 spiro atoms. The van der Waals surface area contributed by atoms with Gasteiger partial charge in [-0.1, -0.05) is 18.2 Å². The van der Waals surface area contributed by atoms with E-state index in [1.165, 1.54) is 0 Å². The highest BCUT2D eigenvalue weighted by Gasteiger charge is 2.15. The van der Waals surface area contributed by atoms with Gasteiger partial charge in [0.25, 0.3) is 0 Å². The van der Waals surface area contributed by atoms with Crippen molar-refractivity contribution in [2.45, 2.75) is 27.7 Å². The van der Waals surface area contributed by atoms with Gasteiger partial charge in [-0.3, -0.25) is 0 Å². The van der Waals surface area contributed by atoms with E-state index in [0.717, 1.165) is 51.5 Å². The first kappa shape index (κ1) is 13.6. The molecule has 4 heteroatoms. The molecule has 0 aliphatic rings. The molecule has 0 saturated carbocycles. The second kappa shape index (κ2) is 5.20. The van der Waals surface area contributed by atoms with E-state index in [4.69, 9.17) is 4.42 Å². The molecule has 108 valence electrons. The summed E-state index contributed by atoms with van der Waals surface area (Å²) in [5.41, 5.74) is 5.06. The Labute approximate surface area is 124 Å². The van der Waals surface area contributed by atoms with E-state index in [-0.39, 0.29) is 0 Å². The Kier molecular flexibility index (Phi) is 3.37. The summed E-state index contributed by atoms with van der Waals surface area (Å²) >= 11 is 0. The van der Waals surface area contributed by atoms with Crippen LogP contribution in [-0.2, 0) is 0 Å². The van der Waals surface area contributed by atoms with Crippen molar-refractivity contribution >= 4 is 16.8 Å². The summed E-state index contributed by atoms with van der Waals surface area (Å²) in [5.74, 6) is 1.61. The lowest BCUT2D eigenvalue weighted by atomic mass is 10.1. The molecule has 0 saturated heterocycles. The van der Waals surface area contributed by atoms with E-state index in [9.17, 15) is 0 Å². The highest BCUT2D eigenvalue weighted by atomic mass is 16.3. The molecule has 3 rings (SSSR count). The summed E-state index contributed by atoms with van der Waals surface area (Å²) in [5, 5.41) is 12.9. The Morgan fingerprint density at radius 3 is 2.62 bits per heavy atom. The molecule has 3 aromatic rings. The zero-order valence-corrected chi connectivity index (χ0v) is 12.8. The Morgan fingerprint density at radius 1 is 1.10 bits per heavy atom. The van der Waals surface area contributed by atoms with Crippen LogP contribution in [0.25, 0.3) is 22.4 Å². The van der Waals surface area contributed by atoms with E-state index >= 15 is 0 Å². The molecule has 1 aromatic carbocycles. The molecule has 0 radical (unpaired) electrons. The van der Waals surface area contributed by atoms with Gasteiger partial charge in [0, 0.05) is 11.9 Å². The predicted molar refractivity (Wildman–Crippen MR) is 85.6 cm³/mol. The number of fused-ring (bicyclic) bond motifs is 1. The average molecular weight is 281 g/mol. The quantitative estimate of drug-likeness (QED) is 0.780. The maximum Gasteiger partial charge on any atom is 0.155 e. The van der Waals surface area contributed by atoms with E-state index < -0.39 is 0 Å². The van der Waals surface area contributed by atoms with E-state index in [2.05, 4.69) is 35.4 Å². The van der Waals surface area contributed by atoms with Gasteiger partial charge in [-0.15, -0.1) is 10.2 Å². The molecular weight excluding hydrogens is 262 g/mol. The van der Waals surface area contributed by atoms with Gasteiger partial charge in [-0.25, -0.2) is 0 Å². The fourth-order valence-electron chi connectivity index (χ4n) is 2.50. The second-order valence-electron chi connectivity index (χ2n) is 5.28. The lowest BCUT2D eigenvalue weighted by Crippen LogP contribution is -2.05. The Bertz CT molecular complexity index is 805. The summed E-state index contributed by atoms with van der Waals surface area (Å²) in [6.45, 7) is 9.04. The molecule has 1 N–H and O–H groups in total. The maximum absolute atomic E-state index is 6.00. The van der Waals surface area contributed by atoms with Crippen molar-refractivity contribution in [1.82, 2.24) is 10.2 Å². The summed E-state index contributed by atoms with van der Waals surface area (Å²) in [6, 6.07) is 8.17. The Hall–Kier alpha value is -2.36. The van der Waals surface area contributed by atoms with Gasteiger partial charge >= 0.3 is 0 Å². The first-order valence-corrected chi connectivity index (χ1v) is 7.19. The van der Waals surface area contributed by atoms with Crippen molar-refractivity contribution in [3.63, 3.8) is 0 Å². The van der Waals surface area contributed by atoms with Crippen LogP contribution in [0.5, 0.6) is 0 Å². The molecule has 0 aliphatic heterocycles. The summed E-state index contributed by atoms with van der Waals surface area (Å²) in [6.07, 6.45) is 0. The first-order chi connectivity index (χ1) is 10.1. The van der Waals surface area contributed by atoms with Gasteiger partial charge in [0.15, 0.2) is 11.6 Å². The number of hydrogen-bond donors (Lipinski definition) is 1. The van der Waals surface area contributed by atoms with Gasteiger partial charge < -0.3 is 9.73 Å². The van der Waals surface area contributed by atoms with Crippen LogP contribution in [0.15, 0.2) is 28.7 Å². The molecule has 0 atom stereocenters. The molecule has 2 aromatic heterocycles. The summed E-state index contributed by atoms with van der Waals surface area (Å²) in [4.78, 5) is 0. The van der Waals surface area contributed by atoms with Crippen molar-refractivity contribution in [3.05, 3.63) is 41.0 Å². The number of benzene rings is 1. The van der Waals surface area contributed by atoms with Crippen molar-refractivity contribution < 1.29 is 4.42 Å². The summed E-state index contributed by atoms with van der Waals surface area (Å²) < 4.78 is 6.00. The smallest absolute Gasteiger partial charge is 0.155 e. The van der Waals surface area contributed by atoms with Crippen molar-refractivity contribution in [2.24, 2.45) is 0 Å². The molecule has 21 heavy (non-hydrogen) atoms. The minimum atomic E-state index is 0.774. The molecule has 0 amide bonds. The maximum atomic E-state index is 6.00. The number of furan rings is 1. The number of nitrogens with zero attached hydrogens (tertiary/aromatic N) is 2. The van der Waals surface area contributed by atoms with Crippen LogP contribution < -0.4 is 5.32 Å². The normalized spacial score (nSPS) is 11.0. The lowest BCUT2D eigenvalue weighted by Gasteiger charge is -2.10. The second-order valence-corrected chi connectivity index (χ2v) is 5.28. The number of rotatable bonds is 3. The third-order valence-electron chi connectivity index (χ3n) is 3.84. The molecule has 2 heterocycles. The van der Waals surface area contributed by atoms with E-state index in [0.29, 0.717) is 0 Å². The Balaban J connectivity index is 2.14. The zero-order chi connectivity index (χ0) is 15.0. The van der Waals surface area contributed by atoms with E-state index in [1.54, 1.807) is 0 Å². The number of hydrogen-bond acceptors (Lipinski definition) is 4. The number of anilines is 1. The fourth-order valence-corrected chi connectivity index (χ4v) is 2.50. The fraction of sp³-hybridized carbons (Fsp3) is 0.294. The van der Waals surface area contributed by atoms with Crippen LogP contribution in [0.3, 0.4) is 0 Å².